The zero-order valence-corrected chi connectivity index (χ0v) is 18.4. The highest BCUT2D eigenvalue weighted by atomic mass is 32.2. The van der Waals surface area contributed by atoms with Crippen LogP contribution in [0.3, 0.4) is 0 Å². The van der Waals surface area contributed by atoms with Gasteiger partial charge in [0, 0.05) is 0 Å². The first-order chi connectivity index (χ1) is 15.7. The number of esters is 1. The predicted molar refractivity (Wildman–Crippen MR) is 107 cm³/mol. The van der Waals surface area contributed by atoms with Crippen LogP contribution in [-0.4, -0.2) is 32.2 Å². The minimum Gasteiger partial charge on any atom is -0.449 e. The minimum absolute atomic E-state index is 0.106. The van der Waals surface area contributed by atoms with Crippen LogP contribution in [0.1, 0.15) is 43.0 Å². The Labute approximate surface area is 190 Å². The molecule has 188 valence electrons. The Morgan fingerprint density at radius 3 is 2.03 bits per heavy atom. The van der Waals surface area contributed by atoms with Gasteiger partial charge in [-0.05, 0) is 48.2 Å². The summed E-state index contributed by atoms with van der Waals surface area (Å²) in [5, 5.41) is 0. The molecular formula is C21H19F7O5S. The molecule has 0 heterocycles. The summed E-state index contributed by atoms with van der Waals surface area (Å²) in [5.41, 5.74) is -6.05. The van der Waals surface area contributed by atoms with Crippen LogP contribution in [0.4, 0.5) is 30.7 Å². The van der Waals surface area contributed by atoms with Crippen LogP contribution in [0.2, 0.25) is 0 Å². The molecule has 2 aromatic carbocycles. The van der Waals surface area contributed by atoms with E-state index in [0.29, 0.717) is 12.8 Å². The summed E-state index contributed by atoms with van der Waals surface area (Å²) in [6, 6.07) is 6.94. The van der Waals surface area contributed by atoms with Crippen LogP contribution in [-0.2, 0) is 14.9 Å². The molecule has 0 saturated heterocycles. The Bertz CT molecular complexity index is 1090. The van der Waals surface area contributed by atoms with E-state index in [9.17, 15) is 43.9 Å². The molecular weight excluding hydrogens is 497 g/mol. The number of halogens is 7. The Hall–Kier alpha value is -2.83. The lowest BCUT2D eigenvalue weighted by molar-refractivity contribution is -0.206. The van der Waals surface area contributed by atoms with Gasteiger partial charge in [-0.3, -0.25) is 0 Å². The normalized spacial score (nSPS) is 13.4. The van der Waals surface area contributed by atoms with Gasteiger partial charge in [0.05, 0.1) is 5.56 Å². The Balaban J connectivity index is 2.17. The van der Waals surface area contributed by atoms with Gasteiger partial charge >= 0.3 is 27.8 Å². The molecule has 0 bridgehead atoms. The second-order valence-electron chi connectivity index (χ2n) is 7.13. The maximum absolute atomic E-state index is 14.5. The molecule has 0 aliphatic carbocycles. The molecule has 0 saturated carbocycles. The fraction of sp³-hybridized carbons (Fsp3) is 0.381. The molecule has 0 fully saturated rings. The molecule has 0 aromatic heterocycles. The number of alkyl halides is 6. The lowest BCUT2D eigenvalue weighted by Crippen LogP contribution is -2.34. The molecule has 0 aliphatic heterocycles. The van der Waals surface area contributed by atoms with E-state index in [0.717, 1.165) is 36.4 Å². The van der Waals surface area contributed by atoms with Crippen molar-refractivity contribution >= 4 is 16.1 Å². The van der Waals surface area contributed by atoms with E-state index < -0.39 is 57.4 Å². The van der Waals surface area contributed by atoms with E-state index in [2.05, 4.69) is 8.92 Å². The molecule has 0 aliphatic rings. The molecule has 0 amide bonds. The summed E-state index contributed by atoms with van der Waals surface area (Å²) in [4.78, 5) is 12.1. The Morgan fingerprint density at radius 2 is 1.53 bits per heavy atom. The second kappa shape index (κ2) is 10.6. The van der Waals surface area contributed by atoms with Crippen molar-refractivity contribution in [1.82, 2.24) is 0 Å². The van der Waals surface area contributed by atoms with Crippen LogP contribution in [0, 0.1) is 5.82 Å². The second-order valence-corrected chi connectivity index (χ2v) is 8.67. The largest absolute Gasteiger partial charge is 0.534 e. The molecule has 1 atom stereocenters. The van der Waals surface area contributed by atoms with Crippen molar-refractivity contribution in [3.63, 3.8) is 0 Å². The van der Waals surface area contributed by atoms with Crippen molar-refractivity contribution in [2.24, 2.45) is 0 Å². The van der Waals surface area contributed by atoms with E-state index in [1.165, 1.54) is 6.07 Å². The van der Waals surface area contributed by atoms with Gasteiger partial charge in [0.15, 0.2) is 6.10 Å². The quantitative estimate of drug-likeness (QED) is 0.127. The predicted octanol–water partition coefficient (Wildman–Crippen LogP) is 6.39. The minimum atomic E-state index is -5.87. The molecule has 0 spiro atoms. The van der Waals surface area contributed by atoms with Gasteiger partial charge in [-0.25, -0.2) is 9.18 Å². The number of ether oxygens (including phenoxy) is 1. The highest BCUT2D eigenvalue weighted by Gasteiger charge is 2.48. The van der Waals surface area contributed by atoms with Crippen LogP contribution < -0.4 is 4.18 Å². The Morgan fingerprint density at radius 1 is 0.941 bits per heavy atom. The van der Waals surface area contributed by atoms with Crippen LogP contribution in [0.5, 0.6) is 5.75 Å². The summed E-state index contributed by atoms with van der Waals surface area (Å²) in [5.74, 6) is -3.33. The summed E-state index contributed by atoms with van der Waals surface area (Å²) in [6.45, 7) is 1.79. The Kier molecular flexibility index (Phi) is 8.56. The van der Waals surface area contributed by atoms with Crippen molar-refractivity contribution in [2.45, 2.75) is 50.4 Å². The molecule has 2 aromatic rings. The molecule has 0 N–H and O–H groups in total. The fourth-order valence-electron chi connectivity index (χ4n) is 2.80. The molecule has 34 heavy (non-hydrogen) atoms. The van der Waals surface area contributed by atoms with E-state index >= 15 is 0 Å². The van der Waals surface area contributed by atoms with Gasteiger partial charge in [0.1, 0.15) is 11.6 Å². The highest BCUT2D eigenvalue weighted by Crippen LogP contribution is 2.31. The van der Waals surface area contributed by atoms with Gasteiger partial charge in [0.2, 0.25) is 0 Å². The maximum Gasteiger partial charge on any atom is 0.534 e. The van der Waals surface area contributed by atoms with Crippen molar-refractivity contribution in [3.05, 3.63) is 53.8 Å². The lowest BCUT2D eigenvalue weighted by Gasteiger charge is -2.20. The third-order valence-corrected chi connectivity index (χ3v) is 5.53. The van der Waals surface area contributed by atoms with Crippen molar-refractivity contribution in [2.75, 3.05) is 0 Å². The summed E-state index contributed by atoms with van der Waals surface area (Å²) in [7, 11) is -5.87. The number of carbonyl (C=O) groups is 1. The van der Waals surface area contributed by atoms with E-state index in [1.54, 1.807) is 6.92 Å². The first kappa shape index (κ1) is 27.4. The van der Waals surface area contributed by atoms with Gasteiger partial charge in [-0.2, -0.15) is 34.8 Å². The first-order valence-electron chi connectivity index (χ1n) is 9.84. The van der Waals surface area contributed by atoms with E-state index in [1.807, 2.05) is 0 Å². The van der Waals surface area contributed by atoms with E-state index in [-0.39, 0.29) is 17.5 Å². The smallest absolute Gasteiger partial charge is 0.449 e. The average Bonchev–Trinajstić information content (AvgIpc) is 2.71. The average molecular weight is 516 g/mol. The lowest BCUT2D eigenvalue weighted by atomic mass is 10.0. The topological polar surface area (TPSA) is 69.7 Å². The number of hydrogen-bond donors (Lipinski definition) is 0. The first-order valence-corrected chi connectivity index (χ1v) is 11.2. The summed E-state index contributed by atoms with van der Waals surface area (Å²) < 4.78 is 121. The third-order valence-electron chi connectivity index (χ3n) is 4.55. The monoisotopic (exact) mass is 516 g/mol. The zero-order chi connectivity index (χ0) is 25.7. The summed E-state index contributed by atoms with van der Waals surface area (Å²) >= 11 is 0. The number of unbranched alkanes of at least 4 members (excludes halogenated alkanes) is 2. The van der Waals surface area contributed by atoms with Crippen molar-refractivity contribution in [3.8, 4) is 16.9 Å². The van der Waals surface area contributed by atoms with Gasteiger partial charge in [-0.15, -0.1) is 0 Å². The number of benzene rings is 2. The van der Waals surface area contributed by atoms with Gasteiger partial charge in [-0.1, -0.05) is 38.0 Å². The van der Waals surface area contributed by atoms with Crippen molar-refractivity contribution in [1.29, 1.82) is 0 Å². The van der Waals surface area contributed by atoms with Gasteiger partial charge < -0.3 is 8.92 Å². The van der Waals surface area contributed by atoms with E-state index in [4.69, 9.17) is 0 Å². The standard InChI is InChI=1S/C21H19F7O5S/c1-2-3-4-5-18(20(23,24)25)32-19(29)16-11-8-14(12-17(16)22)13-6-9-15(10-7-13)33-34(30,31)21(26,27)28/h6-12,18H,2-5H2,1H3/t18-/m1/s1. The third kappa shape index (κ3) is 7.08. The molecule has 2 rings (SSSR count). The summed E-state index contributed by atoms with van der Waals surface area (Å²) in [6.07, 6.45) is -6.34. The molecule has 0 radical (unpaired) electrons. The van der Waals surface area contributed by atoms with Crippen LogP contribution in [0.25, 0.3) is 11.1 Å². The SMILES string of the molecule is CCCCC[C@@H](OC(=O)c1ccc(-c2ccc(OS(=O)(=O)C(F)(F)F)cc2)cc1F)C(F)(F)F. The molecule has 0 unspecified atom stereocenters. The zero-order valence-electron chi connectivity index (χ0n) is 17.5. The maximum atomic E-state index is 14.5. The van der Waals surface area contributed by atoms with Gasteiger partial charge in [0.25, 0.3) is 0 Å². The highest BCUT2D eigenvalue weighted by molar-refractivity contribution is 7.88. The van der Waals surface area contributed by atoms with Crippen molar-refractivity contribution < 1.29 is 52.9 Å². The number of carbonyl (C=O) groups excluding carboxylic acids is 1. The van der Waals surface area contributed by atoms with Crippen LogP contribution >= 0.6 is 0 Å². The van der Waals surface area contributed by atoms with Crippen LogP contribution in [0.15, 0.2) is 42.5 Å². The number of rotatable bonds is 9. The molecule has 5 nitrogen and oxygen atoms in total. The fourth-order valence-corrected chi connectivity index (χ4v) is 3.26. The number of hydrogen-bond acceptors (Lipinski definition) is 5. The molecule has 13 heteroatoms.